The number of fused-ring (bicyclic) bond motifs is 1. The number of thiophene rings is 1. The number of amides is 2. The minimum Gasteiger partial charge on any atom is -0.444 e. The van der Waals surface area contributed by atoms with E-state index in [1.165, 1.54) is 16.2 Å². The van der Waals surface area contributed by atoms with E-state index in [1.807, 2.05) is 30.3 Å². The van der Waals surface area contributed by atoms with Gasteiger partial charge in [0.25, 0.3) is 0 Å². The van der Waals surface area contributed by atoms with E-state index in [9.17, 15) is 14.4 Å². The van der Waals surface area contributed by atoms with E-state index in [2.05, 4.69) is 5.32 Å². The third-order valence-electron chi connectivity index (χ3n) is 5.10. The molecule has 4 rings (SSSR count). The van der Waals surface area contributed by atoms with Crippen LogP contribution in [0.15, 0.2) is 60.0 Å². The number of nitrogens with one attached hydrogen (secondary N) is 1. The molecule has 3 aromatic rings. The van der Waals surface area contributed by atoms with Crippen LogP contribution >= 0.6 is 22.9 Å². The average Bonchev–Trinajstić information content (AvgIpc) is 3.38. The second-order valence-electron chi connectivity index (χ2n) is 7.14. The molecular weight excluding hydrogens is 450 g/mol. The van der Waals surface area contributed by atoms with Crippen LogP contribution in [0.25, 0.3) is 0 Å². The molecule has 0 saturated heterocycles. The second-order valence-corrected chi connectivity index (χ2v) is 8.46. The van der Waals surface area contributed by atoms with Gasteiger partial charge in [-0.2, -0.15) is 0 Å². The maximum Gasteiger partial charge on any atom is 0.412 e. The van der Waals surface area contributed by atoms with Crippen molar-refractivity contribution in [2.45, 2.75) is 19.3 Å². The molecule has 1 atom stereocenters. The molecule has 2 heterocycles. The lowest BCUT2D eigenvalue weighted by Crippen LogP contribution is -2.42. The number of rotatable bonds is 6. The molecular formula is C23H20ClN3O4S. The third kappa shape index (κ3) is 4.38. The van der Waals surface area contributed by atoms with Crippen LogP contribution in [0.3, 0.4) is 0 Å². The molecule has 7 nitrogen and oxygen atoms in total. The lowest BCUT2D eigenvalue weighted by Gasteiger charge is -2.25. The van der Waals surface area contributed by atoms with Gasteiger partial charge in [-0.3, -0.25) is 14.5 Å². The summed E-state index contributed by atoms with van der Waals surface area (Å²) in [4.78, 5) is 40.2. The Morgan fingerprint density at radius 1 is 1.09 bits per heavy atom. The van der Waals surface area contributed by atoms with Crippen molar-refractivity contribution in [2.24, 2.45) is 5.73 Å². The molecule has 0 bridgehead atoms. The van der Waals surface area contributed by atoms with Gasteiger partial charge in [-0.05, 0) is 17.7 Å². The molecule has 1 aliphatic heterocycles. The highest BCUT2D eigenvalue weighted by atomic mass is 35.5. The van der Waals surface area contributed by atoms with Gasteiger partial charge in [-0.25, -0.2) is 4.79 Å². The normalized spacial score (nSPS) is 14.7. The Hall–Kier alpha value is -3.20. The van der Waals surface area contributed by atoms with Crippen LogP contribution in [0.4, 0.5) is 4.79 Å². The van der Waals surface area contributed by atoms with Crippen molar-refractivity contribution in [3.05, 3.63) is 92.1 Å². The zero-order valence-corrected chi connectivity index (χ0v) is 18.5. The SMILES string of the molecule is NCC(=O)NC1c2scc(C(=O)c3ccccc3Cl)c2CN1C(=O)OCc1ccccc1. The van der Waals surface area contributed by atoms with Crippen molar-refractivity contribution < 1.29 is 19.1 Å². The fraction of sp³-hybridized carbons (Fsp3) is 0.174. The van der Waals surface area contributed by atoms with Crippen molar-refractivity contribution in [3.63, 3.8) is 0 Å². The molecule has 0 aliphatic carbocycles. The molecule has 32 heavy (non-hydrogen) atoms. The van der Waals surface area contributed by atoms with E-state index in [4.69, 9.17) is 22.1 Å². The van der Waals surface area contributed by atoms with Gasteiger partial charge >= 0.3 is 6.09 Å². The van der Waals surface area contributed by atoms with Crippen LogP contribution in [0.2, 0.25) is 5.02 Å². The third-order valence-corrected chi connectivity index (χ3v) is 6.51. The summed E-state index contributed by atoms with van der Waals surface area (Å²) < 4.78 is 5.47. The highest BCUT2D eigenvalue weighted by Crippen LogP contribution is 2.40. The summed E-state index contributed by atoms with van der Waals surface area (Å²) in [5.74, 6) is -0.660. The Kier molecular flexibility index (Phi) is 6.55. The number of nitrogens with two attached hydrogens (primary N) is 1. The first-order chi connectivity index (χ1) is 15.5. The zero-order chi connectivity index (χ0) is 22.7. The highest BCUT2D eigenvalue weighted by molar-refractivity contribution is 7.10. The predicted octanol–water partition coefficient (Wildman–Crippen LogP) is 3.86. The molecule has 2 aromatic carbocycles. The summed E-state index contributed by atoms with van der Waals surface area (Å²) in [5, 5.41) is 4.83. The Labute approximate surface area is 193 Å². The van der Waals surface area contributed by atoms with Crippen LogP contribution in [-0.2, 0) is 22.7 Å². The van der Waals surface area contributed by atoms with Crippen molar-refractivity contribution in [2.75, 3.05) is 6.54 Å². The smallest absolute Gasteiger partial charge is 0.412 e. The first kappa shape index (κ1) is 22.0. The van der Waals surface area contributed by atoms with E-state index in [-0.39, 0.29) is 25.5 Å². The Balaban J connectivity index is 1.60. The van der Waals surface area contributed by atoms with Crippen LogP contribution in [0, 0.1) is 0 Å². The average molecular weight is 470 g/mol. The molecule has 1 aromatic heterocycles. The van der Waals surface area contributed by atoms with Crippen LogP contribution in [0.1, 0.15) is 38.1 Å². The maximum atomic E-state index is 13.1. The first-order valence-corrected chi connectivity index (χ1v) is 11.1. The number of ketones is 1. The number of carbonyl (C=O) groups is 3. The number of ether oxygens (including phenoxy) is 1. The van der Waals surface area contributed by atoms with Crippen LogP contribution < -0.4 is 11.1 Å². The second kappa shape index (κ2) is 9.52. The Morgan fingerprint density at radius 2 is 1.81 bits per heavy atom. The quantitative estimate of drug-likeness (QED) is 0.534. The largest absolute Gasteiger partial charge is 0.444 e. The topological polar surface area (TPSA) is 102 Å². The lowest BCUT2D eigenvalue weighted by atomic mass is 10.0. The minimum atomic E-state index is -0.762. The van der Waals surface area contributed by atoms with E-state index in [0.29, 0.717) is 26.6 Å². The van der Waals surface area contributed by atoms with Crippen molar-refractivity contribution >= 4 is 40.7 Å². The van der Waals surface area contributed by atoms with Gasteiger partial charge < -0.3 is 15.8 Å². The summed E-state index contributed by atoms with van der Waals surface area (Å²) >= 11 is 7.50. The monoisotopic (exact) mass is 469 g/mol. The summed E-state index contributed by atoms with van der Waals surface area (Å²) in [7, 11) is 0. The predicted molar refractivity (Wildman–Crippen MR) is 121 cm³/mol. The number of hydrogen-bond acceptors (Lipinski definition) is 6. The van der Waals surface area contributed by atoms with Gasteiger partial charge in [0, 0.05) is 22.1 Å². The molecule has 0 saturated carbocycles. The zero-order valence-electron chi connectivity index (χ0n) is 16.9. The van der Waals surface area contributed by atoms with Crippen molar-refractivity contribution in [3.8, 4) is 0 Å². The highest BCUT2D eigenvalue weighted by Gasteiger charge is 2.39. The molecule has 3 N–H and O–H groups in total. The minimum absolute atomic E-state index is 0.0901. The Morgan fingerprint density at radius 3 is 2.53 bits per heavy atom. The van der Waals surface area contributed by atoms with Gasteiger partial charge in [0.1, 0.15) is 12.8 Å². The van der Waals surface area contributed by atoms with Gasteiger partial charge in [0.2, 0.25) is 5.91 Å². The molecule has 9 heteroatoms. The molecule has 1 aliphatic rings. The van der Waals surface area contributed by atoms with E-state index in [1.54, 1.807) is 29.6 Å². The maximum absolute atomic E-state index is 13.1. The van der Waals surface area contributed by atoms with Gasteiger partial charge in [0.05, 0.1) is 23.0 Å². The molecule has 0 radical (unpaired) electrons. The number of hydrogen-bond donors (Lipinski definition) is 2. The number of nitrogens with zero attached hydrogens (tertiary/aromatic N) is 1. The van der Waals surface area contributed by atoms with E-state index in [0.717, 1.165) is 5.56 Å². The molecule has 2 amide bonds. The van der Waals surface area contributed by atoms with Gasteiger partial charge in [-0.1, -0.05) is 54.1 Å². The number of benzene rings is 2. The van der Waals surface area contributed by atoms with Gasteiger partial charge in [0.15, 0.2) is 5.78 Å². The van der Waals surface area contributed by atoms with Crippen molar-refractivity contribution in [1.82, 2.24) is 10.2 Å². The lowest BCUT2D eigenvalue weighted by molar-refractivity contribution is -0.121. The summed E-state index contributed by atoms with van der Waals surface area (Å²) in [5.41, 5.74) is 7.79. The van der Waals surface area contributed by atoms with Crippen molar-refractivity contribution in [1.29, 1.82) is 0 Å². The summed E-state index contributed by atoms with van der Waals surface area (Å²) in [6.07, 6.45) is -1.36. The van der Waals surface area contributed by atoms with Gasteiger partial charge in [-0.15, -0.1) is 11.3 Å². The van der Waals surface area contributed by atoms with Crippen LogP contribution in [0.5, 0.6) is 0 Å². The summed E-state index contributed by atoms with van der Waals surface area (Å²) in [6, 6.07) is 16.1. The fourth-order valence-corrected chi connectivity index (χ4v) is 4.85. The standard InChI is InChI=1S/C23H20ClN3O4S/c24-18-9-5-4-8-15(18)20(29)17-13-32-21-16(17)11-27(22(21)26-19(28)10-25)23(30)31-12-14-6-2-1-3-7-14/h1-9,13,22H,10-12,25H2,(H,26,28). The van der Waals surface area contributed by atoms with E-state index >= 15 is 0 Å². The number of halogens is 1. The Bertz CT molecular complexity index is 1170. The molecule has 0 spiro atoms. The molecule has 164 valence electrons. The first-order valence-electron chi connectivity index (χ1n) is 9.85. The van der Waals surface area contributed by atoms with Crippen LogP contribution in [-0.4, -0.2) is 29.2 Å². The van der Waals surface area contributed by atoms with E-state index < -0.39 is 18.2 Å². The summed E-state index contributed by atoms with van der Waals surface area (Å²) in [6.45, 7) is -0.0180. The molecule has 1 unspecified atom stereocenters. The molecule has 0 fully saturated rings. The number of carbonyl (C=O) groups excluding carboxylic acids is 3. The fourth-order valence-electron chi connectivity index (χ4n) is 3.50.